The van der Waals surface area contributed by atoms with Crippen LogP contribution in [0.2, 0.25) is 10.0 Å². The molecule has 2 rings (SSSR count). The number of nitrogens with zero attached hydrogens (tertiary/aromatic N) is 3. The summed E-state index contributed by atoms with van der Waals surface area (Å²) in [4.78, 5) is 7.94. The molecule has 0 amide bonds. The predicted molar refractivity (Wildman–Crippen MR) is 79.1 cm³/mol. The van der Waals surface area contributed by atoms with Gasteiger partial charge in [-0.3, -0.25) is 0 Å². The fourth-order valence-corrected chi connectivity index (χ4v) is 1.93. The molecule has 5 nitrogen and oxygen atoms in total. The van der Waals surface area contributed by atoms with Crippen molar-refractivity contribution in [3.05, 3.63) is 44.6 Å². The highest BCUT2D eigenvalue weighted by Gasteiger charge is 2.05. The Morgan fingerprint density at radius 1 is 1.26 bits per heavy atom. The largest absolute Gasteiger partial charge is 0.506 e. The van der Waals surface area contributed by atoms with Gasteiger partial charge in [-0.05, 0) is 28.1 Å². The van der Waals surface area contributed by atoms with Gasteiger partial charge in [-0.25, -0.2) is 15.4 Å². The van der Waals surface area contributed by atoms with Gasteiger partial charge in [0, 0.05) is 23.0 Å². The predicted octanol–water partition coefficient (Wildman–Crippen LogP) is 3.70. The number of phenolic OH excluding ortho intramolecular Hbond substituents is 1. The molecule has 0 spiro atoms. The second-order valence-corrected chi connectivity index (χ2v) is 5.18. The summed E-state index contributed by atoms with van der Waals surface area (Å²) in [6.07, 6.45) is 4.54. The molecule has 19 heavy (non-hydrogen) atoms. The van der Waals surface area contributed by atoms with Crippen LogP contribution in [-0.2, 0) is 0 Å². The summed E-state index contributed by atoms with van der Waals surface area (Å²) in [5.41, 5.74) is 3.01. The van der Waals surface area contributed by atoms with Gasteiger partial charge in [-0.2, -0.15) is 5.10 Å². The van der Waals surface area contributed by atoms with Gasteiger partial charge in [0.25, 0.3) is 0 Å². The number of phenols is 1. The van der Waals surface area contributed by atoms with Gasteiger partial charge in [-0.1, -0.05) is 23.2 Å². The van der Waals surface area contributed by atoms with Crippen molar-refractivity contribution >= 4 is 51.3 Å². The molecule has 0 unspecified atom stereocenters. The van der Waals surface area contributed by atoms with E-state index in [9.17, 15) is 5.11 Å². The molecular formula is C11H7BrCl2N4O. The van der Waals surface area contributed by atoms with Crippen molar-refractivity contribution in [1.82, 2.24) is 9.97 Å². The van der Waals surface area contributed by atoms with Crippen LogP contribution in [0.5, 0.6) is 5.75 Å². The lowest BCUT2D eigenvalue weighted by Gasteiger charge is -2.02. The Bertz CT molecular complexity index is 619. The summed E-state index contributed by atoms with van der Waals surface area (Å²) in [5, 5.41) is 14.2. The normalized spacial score (nSPS) is 10.9. The number of rotatable bonds is 3. The Hall–Kier alpha value is -1.37. The summed E-state index contributed by atoms with van der Waals surface area (Å²) in [7, 11) is 0. The molecule has 2 N–H and O–H groups in total. The monoisotopic (exact) mass is 360 g/mol. The minimum absolute atomic E-state index is 0.0895. The molecule has 0 bridgehead atoms. The first kappa shape index (κ1) is 14.0. The summed E-state index contributed by atoms with van der Waals surface area (Å²) in [5.74, 6) is 0.236. The number of halogens is 3. The third-order valence-corrected chi connectivity index (χ3v) is 2.96. The fourth-order valence-electron chi connectivity index (χ4n) is 1.21. The number of hydrogen-bond donors (Lipinski definition) is 2. The molecule has 0 aliphatic heterocycles. The maximum atomic E-state index is 9.71. The van der Waals surface area contributed by atoms with Gasteiger partial charge >= 0.3 is 0 Å². The Balaban J connectivity index is 2.13. The van der Waals surface area contributed by atoms with Crippen LogP contribution in [0.1, 0.15) is 5.56 Å². The highest BCUT2D eigenvalue weighted by atomic mass is 79.9. The smallest absolute Gasteiger partial charge is 0.243 e. The Kier molecular flexibility index (Phi) is 4.57. The van der Waals surface area contributed by atoms with Crippen LogP contribution in [-0.4, -0.2) is 21.3 Å². The third kappa shape index (κ3) is 3.79. The molecule has 98 valence electrons. The Morgan fingerprint density at radius 3 is 2.63 bits per heavy atom. The van der Waals surface area contributed by atoms with Gasteiger partial charge in [0.05, 0.1) is 15.7 Å². The topological polar surface area (TPSA) is 70.4 Å². The van der Waals surface area contributed by atoms with Crippen molar-refractivity contribution in [2.45, 2.75) is 0 Å². The van der Waals surface area contributed by atoms with Crippen molar-refractivity contribution in [2.75, 3.05) is 5.43 Å². The average Bonchev–Trinajstić information content (AvgIpc) is 2.37. The van der Waals surface area contributed by atoms with Crippen LogP contribution in [0.15, 0.2) is 34.1 Å². The van der Waals surface area contributed by atoms with E-state index in [4.69, 9.17) is 23.2 Å². The second-order valence-electron chi connectivity index (χ2n) is 3.42. The van der Waals surface area contributed by atoms with Crippen molar-refractivity contribution in [1.29, 1.82) is 0 Å². The van der Waals surface area contributed by atoms with Crippen molar-refractivity contribution < 1.29 is 5.11 Å². The van der Waals surface area contributed by atoms with Crippen LogP contribution in [0.4, 0.5) is 5.95 Å². The Labute approximate surface area is 127 Å². The molecule has 0 saturated heterocycles. The zero-order valence-corrected chi connectivity index (χ0v) is 12.4. The summed E-state index contributed by atoms with van der Waals surface area (Å²) >= 11 is 14.8. The minimum Gasteiger partial charge on any atom is -0.506 e. The summed E-state index contributed by atoms with van der Waals surface area (Å²) < 4.78 is 0.765. The lowest BCUT2D eigenvalue weighted by Crippen LogP contribution is -1.96. The first-order chi connectivity index (χ1) is 9.06. The van der Waals surface area contributed by atoms with Gasteiger partial charge < -0.3 is 5.11 Å². The number of anilines is 1. The van der Waals surface area contributed by atoms with E-state index in [1.807, 2.05) is 0 Å². The van der Waals surface area contributed by atoms with Crippen LogP contribution in [0, 0.1) is 0 Å². The lowest BCUT2D eigenvalue weighted by molar-refractivity contribution is 0.475. The van der Waals surface area contributed by atoms with E-state index >= 15 is 0 Å². The maximum Gasteiger partial charge on any atom is 0.243 e. The van der Waals surface area contributed by atoms with E-state index in [2.05, 4.69) is 36.4 Å². The molecule has 0 atom stereocenters. The molecule has 0 aliphatic carbocycles. The SMILES string of the molecule is Oc1c(Cl)cc(Cl)cc1C=NNc1ncc(Br)cn1. The van der Waals surface area contributed by atoms with Crippen LogP contribution < -0.4 is 5.43 Å². The van der Waals surface area contributed by atoms with Crippen molar-refractivity contribution in [3.63, 3.8) is 0 Å². The molecule has 1 aromatic carbocycles. The average molecular weight is 362 g/mol. The summed E-state index contributed by atoms with van der Waals surface area (Å²) in [6, 6.07) is 2.98. The quantitative estimate of drug-likeness (QED) is 0.646. The molecule has 0 saturated carbocycles. The zero-order chi connectivity index (χ0) is 13.8. The lowest BCUT2D eigenvalue weighted by atomic mass is 10.2. The van der Waals surface area contributed by atoms with E-state index in [0.29, 0.717) is 16.5 Å². The van der Waals surface area contributed by atoms with Gasteiger partial charge in [0.1, 0.15) is 5.75 Å². The zero-order valence-electron chi connectivity index (χ0n) is 9.31. The molecule has 2 aromatic rings. The van der Waals surface area contributed by atoms with E-state index in [-0.39, 0.29) is 10.8 Å². The van der Waals surface area contributed by atoms with Gasteiger partial charge in [0.15, 0.2) is 0 Å². The van der Waals surface area contributed by atoms with Gasteiger partial charge in [0.2, 0.25) is 5.95 Å². The van der Waals surface area contributed by atoms with Crippen molar-refractivity contribution in [3.8, 4) is 5.75 Å². The number of benzene rings is 1. The van der Waals surface area contributed by atoms with Crippen LogP contribution in [0.25, 0.3) is 0 Å². The maximum absolute atomic E-state index is 9.71. The van der Waals surface area contributed by atoms with Crippen LogP contribution >= 0.6 is 39.1 Å². The van der Waals surface area contributed by atoms with E-state index in [1.165, 1.54) is 18.3 Å². The second kappa shape index (κ2) is 6.18. The number of nitrogens with one attached hydrogen (secondary N) is 1. The van der Waals surface area contributed by atoms with E-state index in [1.54, 1.807) is 12.4 Å². The number of aromatic hydroxyl groups is 1. The van der Waals surface area contributed by atoms with Gasteiger partial charge in [-0.15, -0.1) is 0 Å². The first-order valence-electron chi connectivity index (χ1n) is 5.01. The fraction of sp³-hybridized carbons (Fsp3) is 0. The van der Waals surface area contributed by atoms with Crippen molar-refractivity contribution in [2.24, 2.45) is 5.10 Å². The Morgan fingerprint density at radius 2 is 1.95 bits per heavy atom. The summed E-state index contributed by atoms with van der Waals surface area (Å²) in [6.45, 7) is 0. The molecule has 1 heterocycles. The number of hydrazone groups is 1. The van der Waals surface area contributed by atoms with E-state index in [0.717, 1.165) is 4.47 Å². The highest BCUT2D eigenvalue weighted by Crippen LogP contribution is 2.29. The first-order valence-corrected chi connectivity index (χ1v) is 6.56. The number of aromatic nitrogens is 2. The minimum atomic E-state index is -0.0895. The van der Waals surface area contributed by atoms with Crippen LogP contribution in [0.3, 0.4) is 0 Å². The molecule has 8 heteroatoms. The number of hydrogen-bond acceptors (Lipinski definition) is 5. The highest BCUT2D eigenvalue weighted by molar-refractivity contribution is 9.10. The molecular weight excluding hydrogens is 355 g/mol. The molecule has 0 aliphatic rings. The molecule has 0 fully saturated rings. The van der Waals surface area contributed by atoms with E-state index < -0.39 is 0 Å². The molecule has 0 radical (unpaired) electrons. The molecule has 1 aromatic heterocycles. The standard InChI is InChI=1S/C11H7BrCl2N4O/c12-7-4-15-11(16-5-7)18-17-3-6-1-8(13)2-9(14)10(6)19/h1-5,19H,(H,15,16,18). The third-order valence-electron chi connectivity index (χ3n) is 2.05.